The third kappa shape index (κ3) is 3.57. The van der Waals surface area contributed by atoms with Crippen LogP contribution in [-0.2, 0) is 10.0 Å². The molecule has 9 heteroatoms. The number of hydrogen-bond donors (Lipinski definition) is 1. The second-order valence-corrected chi connectivity index (χ2v) is 8.18. The molecular weight excluding hydrogens is 362 g/mol. The van der Waals surface area contributed by atoms with Gasteiger partial charge in [-0.05, 0) is 30.7 Å². The largest absolute Gasteiger partial charge is 0.363 e. The summed E-state index contributed by atoms with van der Waals surface area (Å²) in [6.07, 6.45) is 1.33. The zero-order chi connectivity index (χ0) is 18.0. The Hall–Kier alpha value is -2.65. The molecule has 2 aromatic heterocycles. The third-order valence-electron chi connectivity index (χ3n) is 3.50. The van der Waals surface area contributed by atoms with Crippen molar-refractivity contribution in [3.8, 4) is 0 Å². The van der Waals surface area contributed by atoms with Gasteiger partial charge in [0.2, 0.25) is 0 Å². The first-order valence-electron chi connectivity index (χ1n) is 7.24. The highest BCUT2D eigenvalue weighted by atomic mass is 32.2. The van der Waals surface area contributed by atoms with Gasteiger partial charge in [-0.3, -0.25) is 9.10 Å². The summed E-state index contributed by atoms with van der Waals surface area (Å²) in [6.45, 7) is 1.89. The number of aryl methyl sites for hydroxylation is 1. The van der Waals surface area contributed by atoms with E-state index in [1.165, 1.54) is 35.1 Å². The predicted octanol–water partition coefficient (Wildman–Crippen LogP) is 3.12. The SMILES string of the molecule is Cc1cccc(N(C)S(=O)(=O)c2csc(C(=O)Nc3ccon3)c2)c1. The molecule has 7 nitrogen and oxygen atoms in total. The minimum absolute atomic E-state index is 0.0619. The Morgan fingerprint density at radius 3 is 2.76 bits per heavy atom. The van der Waals surface area contributed by atoms with Crippen LogP contribution >= 0.6 is 11.3 Å². The molecule has 25 heavy (non-hydrogen) atoms. The topological polar surface area (TPSA) is 92.5 Å². The first kappa shape index (κ1) is 17.2. The molecule has 0 unspecified atom stereocenters. The van der Waals surface area contributed by atoms with Crippen molar-refractivity contribution in [3.05, 3.63) is 58.5 Å². The maximum atomic E-state index is 12.8. The number of carbonyl (C=O) groups excluding carboxylic acids is 1. The minimum Gasteiger partial charge on any atom is -0.363 e. The highest BCUT2D eigenvalue weighted by Gasteiger charge is 2.24. The van der Waals surface area contributed by atoms with Gasteiger partial charge in [-0.1, -0.05) is 17.3 Å². The first-order chi connectivity index (χ1) is 11.9. The normalized spacial score (nSPS) is 11.3. The molecule has 1 amide bonds. The molecule has 1 aromatic carbocycles. The Kier molecular flexibility index (Phi) is 4.60. The summed E-state index contributed by atoms with van der Waals surface area (Å²) in [7, 11) is -2.27. The van der Waals surface area contributed by atoms with Crippen LogP contribution in [0.25, 0.3) is 0 Å². The van der Waals surface area contributed by atoms with Gasteiger partial charge in [-0.25, -0.2) is 8.42 Å². The number of nitrogens with zero attached hydrogens (tertiary/aromatic N) is 2. The summed E-state index contributed by atoms with van der Waals surface area (Å²) >= 11 is 1.05. The van der Waals surface area contributed by atoms with Crippen LogP contribution in [0.5, 0.6) is 0 Å². The van der Waals surface area contributed by atoms with Gasteiger partial charge >= 0.3 is 0 Å². The molecule has 0 saturated carbocycles. The number of sulfonamides is 1. The molecule has 0 aliphatic rings. The molecule has 0 aliphatic heterocycles. The molecule has 0 spiro atoms. The summed E-state index contributed by atoms with van der Waals surface area (Å²) in [5, 5.41) is 7.56. The van der Waals surface area contributed by atoms with Crippen LogP contribution < -0.4 is 9.62 Å². The molecule has 130 valence electrons. The predicted molar refractivity (Wildman–Crippen MR) is 95.5 cm³/mol. The van der Waals surface area contributed by atoms with Crippen LogP contribution in [0.1, 0.15) is 15.2 Å². The van der Waals surface area contributed by atoms with Crippen LogP contribution in [0.4, 0.5) is 11.5 Å². The van der Waals surface area contributed by atoms with Crippen molar-refractivity contribution in [3.63, 3.8) is 0 Å². The number of rotatable bonds is 5. The van der Waals surface area contributed by atoms with Gasteiger partial charge in [0.25, 0.3) is 15.9 Å². The standard InChI is InChI=1S/C16H15N3O4S2/c1-11-4-3-5-12(8-11)19(2)25(21,22)13-9-14(24-10-13)16(20)17-15-6-7-23-18-15/h3-10H,1-2H3,(H,17,18,20). The van der Waals surface area contributed by atoms with E-state index in [-0.39, 0.29) is 15.6 Å². The number of hydrogen-bond acceptors (Lipinski definition) is 6. The van der Waals surface area contributed by atoms with Gasteiger partial charge in [0, 0.05) is 18.5 Å². The van der Waals surface area contributed by atoms with Crippen molar-refractivity contribution >= 4 is 38.8 Å². The molecule has 0 aliphatic carbocycles. The van der Waals surface area contributed by atoms with Gasteiger partial charge in [0.05, 0.1) is 15.5 Å². The van der Waals surface area contributed by atoms with Crippen LogP contribution in [0.3, 0.4) is 0 Å². The number of thiophene rings is 1. The second-order valence-electron chi connectivity index (χ2n) is 5.30. The van der Waals surface area contributed by atoms with Gasteiger partial charge < -0.3 is 9.84 Å². The van der Waals surface area contributed by atoms with Crippen molar-refractivity contribution in [2.75, 3.05) is 16.7 Å². The summed E-state index contributed by atoms with van der Waals surface area (Å²) < 4.78 is 31.4. The van der Waals surface area contributed by atoms with E-state index in [1.807, 2.05) is 13.0 Å². The minimum atomic E-state index is -3.75. The van der Waals surface area contributed by atoms with Crippen molar-refractivity contribution in [1.82, 2.24) is 5.16 Å². The van der Waals surface area contributed by atoms with Crippen molar-refractivity contribution < 1.29 is 17.7 Å². The Morgan fingerprint density at radius 1 is 1.28 bits per heavy atom. The fourth-order valence-corrected chi connectivity index (χ4v) is 4.49. The van der Waals surface area contributed by atoms with Gasteiger partial charge in [0.1, 0.15) is 6.26 Å². The summed E-state index contributed by atoms with van der Waals surface area (Å²) in [6, 6.07) is 10.0. The lowest BCUT2D eigenvalue weighted by Crippen LogP contribution is -2.26. The molecule has 1 N–H and O–H groups in total. The van der Waals surface area contributed by atoms with Crippen molar-refractivity contribution in [2.24, 2.45) is 0 Å². The molecule has 0 atom stereocenters. The molecule has 0 bridgehead atoms. The smallest absolute Gasteiger partial charge is 0.267 e. The van der Waals surface area contributed by atoms with Gasteiger partial charge in [-0.2, -0.15) is 0 Å². The van der Waals surface area contributed by atoms with E-state index < -0.39 is 15.9 Å². The Labute approximate surface area is 148 Å². The van der Waals surface area contributed by atoms with E-state index >= 15 is 0 Å². The van der Waals surface area contributed by atoms with Crippen LogP contribution in [-0.4, -0.2) is 26.5 Å². The Bertz CT molecular complexity index is 994. The zero-order valence-corrected chi connectivity index (χ0v) is 15.1. The average Bonchev–Trinajstić information content (AvgIpc) is 3.25. The van der Waals surface area contributed by atoms with E-state index in [0.717, 1.165) is 16.9 Å². The van der Waals surface area contributed by atoms with Gasteiger partial charge in [0.15, 0.2) is 5.82 Å². The maximum Gasteiger partial charge on any atom is 0.267 e. The van der Waals surface area contributed by atoms with Crippen molar-refractivity contribution in [1.29, 1.82) is 0 Å². The molecule has 3 aromatic rings. The highest BCUT2D eigenvalue weighted by Crippen LogP contribution is 2.26. The number of benzene rings is 1. The molecule has 0 radical (unpaired) electrons. The lowest BCUT2D eigenvalue weighted by Gasteiger charge is -2.19. The molecule has 3 rings (SSSR count). The fourth-order valence-electron chi connectivity index (χ4n) is 2.15. The molecular formula is C16H15N3O4S2. The molecule has 2 heterocycles. The zero-order valence-electron chi connectivity index (χ0n) is 13.5. The maximum absolute atomic E-state index is 12.8. The number of aromatic nitrogens is 1. The highest BCUT2D eigenvalue weighted by molar-refractivity contribution is 7.93. The fraction of sp³-hybridized carbons (Fsp3) is 0.125. The Balaban J connectivity index is 1.84. The number of nitrogens with one attached hydrogen (secondary N) is 1. The first-order valence-corrected chi connectivity index (χ1v) is 9.56. The summed E-state index contributed by atoms with van der Waals surface area (Å²) in [5.74, 6) is -0.182. The van der Waals surface area contributed by atoms with Gasteiger partial charge in [-0.15, -0.1) is 11.3 Å². The Morgan fingerprint density at radius 2 is 2.08 bits per heavy atom. The average molecular weight is 377 g/mol. The molecule has 0 fully saturated rings. The van der Waals surface area contributed by atoms with Crippen LogP contribution in [0.2, 0.25) is 0 Å². The molecule has 0 saturated heterocycles. The summed E-state index contributed by atoms with van der Waals surface area (Å²) in [4.78, 5) is 12.5. The third-order valence-corrected chi connectivity index (χ3v) is 6.34. The van der Waals surface area contributed by atoms with E-state index in [4.69, 9.17) is 0 Å². The number of amides is 1. The van der Waals surface area contributed by atoms with E-state index in [9.17, 15) is 13.2 Å². The van der Waals surface area contributed by atoms with Crippen LogP contribution in [0, 0.1) is 6.92 Å². The summed E-state index contributed by atoms with van der Waals surface area (Å²) in [5.41, 5.74) is 1.51. The van der Waals surface area contributed by atoms with E-state index in [0.29, 0.717) is 5.69 Å². The second kappa shape index (κ2) is 6.69. The van der Waals surface area contributed by atoms with Crippen LogP contribution in [0.15, 0.2) is 57.5 Å². The van der Waals surface area contributed by atoms with E-state index in [2.05, 4.69) is 15.0 Å². The number of carbonyl (C=O) groups is 1. The number of anilines is 2. The van der Waals surface area contributed by atoms with Crippen molar-refractivity contribution in [2.45, 2.75) is 11.8 Å². The lowest BCUT2D eigenvalue weighted by atomic mass is 10.2. The lowest BCUT2D eigenvalue weighted by molar-refractivity contribution is 0.102. The quantitative estimate of drug-likeness (QED) is 0.737. The van der Waals surface area contributed by atoms with E-state index in [1.54, 1.807) is 18.2 Å². The monoisotopic (exact) mass is 377 g/mol.